The molecule has 0 atom stereocenters. The van der Waals surface area contributed by atoms with Gasteiger partial charge in [-0.05, 0) is 59.2 Å². The number of thiophene rings is 1. The van der Waals surface area contributed by atoms with Crippen LogP contribution >= 0.6 is 23.6 Å². The fourth-order valence-electron chi connectivity index (χ4n) is 2.00. The number of aromatic amines is 1. The van der Waals surface area contributed by atoms with Crippen molar-refractivity contribution in [1.82, 2.24) is 9.55 Å². The highest BCUT2D eigenvalue weighted by atomic mass is 32.1. The number of rotatable bonds is 2. The second kappa shape index (κ2) is 4.33. The maximum atomic E-state index is 13.3. The Hall–Kier alpha value is -1.46. The standard InChI is InChI=1S/C13H11FN2S2/c1-8-6-18-7-9(8)5-16-12-4-10(14)2-3-11(12)15-13(16)17/h2-4,6-7H,5H2,1H3,(H,15,17). The Kier molecular flexibility index (Phi) is 2.80. The van der Waals surface area contributed by atoms with Crippen molar-refractivity contribution in [2.24, 2.45) is 0 Å². The summed E-state index contributed by atoms with van der Waals surface area (Å²) in [5, 5.41) is 4.21. The van der Waals surface area contributed by atoms with Gasteiger partial charge in [-0.2, -0.15) is 11.3 Å². The Morgan fingerprint density at radius 3 is 2.94 bits per heavy atom. The molecule has 0 radical (unpaired) electrons. The third kappa shape index (κ3) is 1.89. The molecule has 2 aromatic heterocycles. The molecule has 2 nitrogen and oxygen atoms in total. The van der Waals surface area contributed by atoms with E-state index in [-0.39, 0.29) is 5.82 Å². The number of nitrogens with zero attached hydrogens (tertiary/aromatic N) is 1. The fraction of sp³-hybridized carbons (Fsp3) is 0.154. The van der Waals surface area contributed by atoms with Crippen LogP contribution in [0.5, 0.6) is 0 Å². The van der Waals surface area contributed by atoms with E-state index in [1.807, 2.05) is 4.57 Å². The minimum absolute atomic E-state index is 0.243. The lowest BCUT2D eigenvalue weighted by Gasteiger charge is -2.04. The molecule has 3 rings (SSSR count). The predicted molar refractivity (Wildman–Crippen MR) is 75.2 cm³/mol. The summed E-state index contributed by atoms with van der Waals surface area (Å²) in [6, 6.07) is 4.68. The number of aromatic nitrogens is 2. The van der Waals surface area contributed by atoms with E-state index in [0.717, 1.165) is 11.0 Å². The van der Waals surface area contributed by atoms with E-state index in [4.69, 9.17) is 12.2 Å². The van der Waals surface area contributed by atoms with E-state index < -0.39 is 0 Å². The molecule has 92 valence electrons. The van der Waals surface area contributed by atoms with Crippen LogP contribution in [0.3, 0.4) is 0 Å². The Bertz CT molecular complexity index is 767. The van der Waals surface area contributed by atoms with E-state index in [2.05, 4.69) is 22.7 Å². The monoisotopic (exact) mass is 278 g/mol. The van der Waals surface area contributed by atoms with Crippen LogP contribution in [0.1, 0.15) is 11.1 Å². The minimum Gasteiger partial charge on any atom is -0.331 e. The number of benzene rings is 1. The summed E-state index contributed by atoms with van der Waals surface area (Å²) in [5.74, 6) is -0.243. The number of nitrogens with one attached hydrogen (secondary N) is 1. The number of hydrogen-bond acceptors (Lipinski definition) is 2. The van der Waals surface area contributed by atoms with Gasteiger partial charge in [-0.1, -0.05) is 0 Å². The third-order valence-corrected chi connectivity index (χ3v) is 4.26. The van der Waals surface area contributed by atoms with Crippen LogP contribution < -0.4 is 0 Å². The van der Waals surface area contributed by atoms with Gasteiger partial charge in [0.25, 0.3) is 0 Å². The van der Waals surface area contributed by atoms with E-state index in [0.29, 0.717) is 11.3 Å². The molecule has 0 saturated carbocycles. The number of aryl methyl sites for hydroxylation is 1. The lowest BCUT2D eigenvalue weighted by Crippen LogP contribution is -1.99. The highest BCUT2D eigenvalue weighted by Crippen LogP contribution is 2.20. The van der Waals surface area contributed by atoms with Crippen molar-refractivity contribution in [3.8, 4) is 0 Å². The van der Waals surface area contributed by atoms with Gasteiger partial charge in [0.05, 0.1) is 17.6 Å². The topological polar surface area (TPSA) is 20.7 Å². The second-order valence-electron chi connectivity index (χ2n) is 4.26. The van der Waals surface area contributed by atoms with Crippen LogP contribution in [-0.4, -0.2) is 9.55 Å². The van der Waals surface area contributed by atoms with Crippen molar-refractivity contribution in [3.63, 3.8) is 0 Å². The van der Waals surface area contributed by atoms with Crippen molar-refractivity contribution in [2.75, 3.05) is 0 Å². The molecular formula is C13H11FN2S2. The first-order valence-electron chi connectivity index (χ1n) is 5.55. The molecule has 2 heterocycles. The van der Waals surface area contributed by atoms with Crippen LogP contribution in [0, 0.1) is 17.5 Å². The smallest absolute Gasteiger partial charge is 0.178 e. The molecule has 3 aromatic rings. The van der Waals surface area contributed by atoms with Crippen molar-refractivity contribution >= 4 is 34.6 Å². The second-order valence-corrected chi connectivity index (χ2v) is 5.39. The van der Waals surface area contributed by atoms with Gasteiger partial charge in [0.1, 0.15) is 5.82 Å². The van der Waals surface area contributed by atoms with E-state index >= 15 is 0 Å². The number of imidazole rings is 1. The molecule has 18 heavy (non-hydrogen) atoms. The quantitative estimate of drug-likeness (QED) is 0.695. The summed E-state index contributed by atoms with van der Waals surface area (Å²) < 4.78 is 15.9. The number of H-pyrrole nitrogens is 1. The molecular weight excluding hydrogens is 267 g/mol. The Balaban J connectivity index is 2.17. The number of halogens is 1. The van der Waals surface area contributed by atoms with Crippen LogP contribution in [0.15, 0.2) is 29.0 Å². The van der Waals surface area contributed by atoms with Crippen molar-refractivity contribution in [2.45, 2.75) is 13.5 Å². The first kappa shape index (κ1) is 11.6. The lowest BCUT2D eigenvalue weighted by atomic mass is 10.2. The van der Waals surface area contributed by atoms with Gasteiger partial charge in [0.15, 0.2) is 4.77 Å². The minimum atomic E-state index is -0.243. The summed E-state index contributed by atoms with van der Waals surface area (Å²) in [6.07, 6.45) is 0. The Morgan fingerprint density at radius 1 is 1.39 bits per heavy atom. The fourth-order valence-corrected chi connectivity index (χ4v) is 3.12. The highest BCUT2D eigenvalue weighted by Gasteiger charge is 2.08. The molecule has 0 aliphatic heterocycles. The van der Waals surface area contributed by atoms with Gasteiger partial charge in [-0.3, -0.25) is 0 Å². The molecule has 0 amide bonds. The molecule has 0 saturated heterocycles. The molecule has 0 fully saturated rings. The molecule has 0 spiro atoms. The predicted octanol–water partition coefficient (Wildman–Crippen LogP) is 4.26. The van der Waals surface area contributed by atoms with E-state index in [1.54, 1.807) is 17.4 Å². The molecule has 1 N–H and O–H groups in total. The molecule has 0 bridgehead atoms. The van der Waals surface area contributed by atoms with Gasteiger partial charge in [0.2, 0.25) is 0 Å². The zero-order valence-electron chi connectivity index (χ0n) is 9.74. The van der Waals surface area contributed by atoms with Crippen LogP contribution in [0.4, 0.5) is 4.39 Å². The highest BCUT2D eigenvalue weighted by molar-refractivity contribution is 7.71. The maximum absolute atomic E-state index is 13.3. The molecule has 0 aliphatic carbocycles. The Labute approximate surface area is 113 Å². The Morgan fingerprint density at radius 2 is 2.22 bits per heavy atom. The molecule has 1 aromatic carbocycles. The largest absolute Gasteiger partial charge is 0.331 e. The molecule has 0 aliphatic rings. The summed E-state index contributed by atoms with van der Waals surface area (Å²) in [6.45, 7) is 2.75. The first-order chi connectivity index (χ1) is 8.65. The number of fused-ring (bicyclic) bond motifs is 1. The van der Waals surface area contributed by atoms with Gasteiger partial charge in [-0.25, -0.2) is 4.39 Å². The van der Waals surface area contributed by atoms with Crippen LogP contribution in [0.25, 0.3) is 11.0 Å². The third-order valence-electron chi connectivity index (χ3n) is 3.03. The van der Waals surface area contributed by atoms with E-state index in [9.17, 15) is 4.39 Å². The summed E-state index contributed by atoms with van der Waals surface area (Å²) in [7, 11) is 0. The van der Waals surface area contributed by atoms with Crippen molar-refractivity contribution in [1.29, 1.82) is 0 Å². The van der Waals surface area contributed by atoms with Gasteiger partial charge >= 0.3 is 0 Å². The van der Waals surface area contributed by atoms with Gasteiger partial charge in [0, 0.05) is 0 Å². The first-order valence-corrected chi connectivity index (χ1v) is 6.90. The molecule has 0 unspecified atom stereocenters. The zero-order chi connectivity index (χ0) is 12.7. The summed E-state index contributed by atoms with van der Waals surface area (Å²) in [4.78, 5) is 3.10. The summed E-state index contributed by atoms with van der Waals surface area (Å²) >= 11 is 6.97. The van der Waals surface area contributed by atoms with E-state index in [1.165, 1.54) is 23.3 Å². The van der Waals surface area contributed by atoms with Gasteiger partial charge in [-0.15, -0.1) is 0 Å². The number of hydrogen-bond donors (Lipinski definition) is 1. The van der Waals surface area contributed by atoms with Gasteiger partial charge < -0.3 is 9.55 Å². The van der Waals surface area contributed by atoms with Crippen molar-refractivity contribution in [3.05, 3.63) is 50.7 Å². The molecule has 5 heteroatoms. The average molecular weight is 278 g/mol. The average Bonchev–Trinajstić information content (AvgIpc) is 2.86. The van der Waals surface area contributed by atoms with Crippen molar-refractivity contribution < 1.29 is 4.39 Å². The van der Waals surface area contributed by atoms with Crippen LogP contribution in [-0.2, 0) is 6.54 Å². The van der Waals surface area contributed by atoms with Crippen LogP contribution in [0.2, 0.25) is 0 Å². The zero-order valence-corrected chi connectivity index (χ0v) is 11.4. The lowest BCUT2D eigenvalue weighted by molar-refractivity contribution is 0.628. The maximum Gasteiger partial charge on any atom is 0.178 e. The summed E-state index contributed by atoms with van der Waals surface area (Å²) in [5.41, 5.74) is 4.15. The normalized spacial score (nSPS) is 11.2. The SMILES string of the molecule is Cc1cscc1Cn1c(=S)[nH]c2ccc(F)cc21.